The quantitative estimate of drug-likeness (QED) is 0.141. The van der Waals surface area contributed by atoms with Gasteiger partial charge in [0.05, 0.1) is 0 Å². The van der Waals surface area contributed by atoms with Crippen molar-refractivity contribution in [2.75, 3.05) is 0 Å². The first-order valence-electron chi connectivity index (χ1n) is 18.3. The lowest BCUT2D eigenvalue weighted by molar-refractivity contribution is 0.591. The average molecular weight is 656 g/mol. The number of hydrogen-bond acceptors (Lipinski definition) is 0. The zero-order chi connectivity index (χ0) is 34.8. The van der Waals surface area contributed by atoms with Gasteiger partial charge in [0.1, 0.15) is 0 Å². The highest BCUT2D eigenvalue weighted by molar-refractivity contribution is 6.41. The van der Waals surface area contributed by atoms with Gasteiger partial charge < -0.3 is 4.98 Å². The van der Waals surface area contributed by atoms with Crippen LogP contribution in [0, 0.1) is 0 Å². The Balaban J connectivity index is 1.60. The van der Waals surface area contributed by atoms with Crippen molar-refractivity contribution in [3.8, 4) is 22.3 Å². The van der Waals surface area contributed by atoms with E-state index in [-0.39, 0.29) is 10.8 Å². The first-order valence-corrected chi connectivity index (χ1v) is 18.3. The number of aromatic amines is 1. The second kappa shape index (κ2) is 10.4. The molecule has 1 heteroatoms. The summed E-state index contributed by atoms with van der Waals surface area (Å²) >= 11 is 0. The molecule has 1 aromatic heterocycles. The SMILES string of the molecule is CC(C)(C)c1cc2ccc3cc(C(C)(C)C)cc4c5c(-c6ccccc6)c6cc7c(cc6c(-c6ccccc6)c5c(c1)c2c34)[nH]c1ccccc17. The lowest BCUT2D eigenvalue weighted by Gasteiger charge is -2.27. The third-order valence-electron chi connectivity index (χ3n) is 11.4. The Labute approximate surface area is 298 Å². The molecule has 0 amide bonds. The van der Waals surface area contributed by atoms with Crippen molar-refractivity contribution in [3.05, 3.63) is 145 Å². The van der Waals surface area contributed by atoms with Gasteiger partial charge in [-0.1, -0.05) is 145 Å². The summed E-state index contributed by atoms with van der Waals surface area (Å²) in [6.45, 7) is 14.0. The first-order chi connectivity index (χ1) is 24.6. The normalized spacial score (nSPS) is 12.9. The number of aromatic nitrogens is 1. The molecule has 0 aliphatic rings. The van der Waals surface area contributed by atoms with Crippen molar-refractivity contribution in [2.45, 2.75) is 52.4 Å². The Morgan fingerprint density at radius 2 is 0.824 bits per heavy atom. The number of H-pyrrole nitrogens is 1. The van der Waals surface area contributed by atoms with Crippen LogP contribution >= 0.6 is 0 Å². The van der Waals surface area contributed by atoms with Crippen LogP contribution < -0.4 is 0 Å². The van der Waals surface area contributed by atoms with E-state index in [0.717, 1.165) is 0 Å². The standard InChI is InChI=1S/C50H41N/c1-49(2,3)33-23-31-21-22-32-24-34(50(4,5)6)26-40-46(32)45(31)39(25-33)47-43(29-15-9-7-10-16-29)37-27-36-35-19-13-14-20-41(35)51-42(36)28-38(37)44(48(40)47)30-17-11-8-12-18-30/h7-28,51H,1-6H3. The van der Waals surface area contributed by atoms with Gasteiger partial charge in [0, 0.05) is 21.8 Å². The molecule has 51 heavy (non-hydrogen) atoms. The second-order valence-electron chi connectivity index (χ2n) is 16.7. The predicted molar refractivity (Wildman–Crippen MR) is 223 cm³/mol. The van der Waals surface area contributed by atoms with Gasteiger partial charge in [-0.05, 0) is 128 Å². The molecule has 0 aliphatic carbocycles. The zero-order valence-electron chi connectivity index (χ0n) is 30.2. The molecule has 0 fully saturated rings. The van der Waals surface area contributed by atoms with Crippen molar-refractivity contribution in [1.29, 1.82) is 0 Å². The van der Waals surface area contributed by atoms with Crippen LogP contribution in [-0.2, 0) is 10.8 Å². The Bertz CT molecular complexity index is 3000. The molecular formula is C50H41N. The van der Waals surface area contributed by atoms with Crippen LogP contribution in [-0.4, -0.2) is 4.98 Å². The lowest BCUT2D eigenvalue weighted by Crippen LogP contribution is -2.12. The molecule has 1 N–H and O–H groups in total. The van der Waals surface area contributed by atoms with E-state index < -0.39 is 0 Å². The molecule has 9 aromatic carbocycles. The molecular weight excluding hydrogens is 615 g/mol. The van der Waals surface area contributed by atoms with Crippen LogP contribution in [0.2, 0.25) is 0 Å². The van der Waals surface area contributed by atoms with Crippen LogP contribution in [0.4, 0.5) is 0 Å². The fourth-order valence-electron chi connectivity index (χ4n) is 8.77. The molecule has 0 spiro atoms. The van der Waals surface area contributed by atoms with Gasteiger partial charge in [-0.3, -0.25) is 0 Å². The van der Waals surface area contributed by atoms with Crippen LogP contribution in [0.5, 0.6) is 0 Å². The van der Waals surface area contributed by atoms with Crippen LogP contribution in [0.15, 0.2) is 133 Å². The van der Waals surface area contributed by atoms with Gasteiger partial charge in [-0.25, -0.2) is 0 Å². The number of nitrogens with one attached hydrogen (secondary N) is 1. The third-order valence-corrected chi connectivity index (χ3v) is 11.4. The lowest BCUT2D eigenvalue weighted by atomic mass is 9.76. The van der Waals surface area contributed by atoms with Gasteiger partial charge >= 0.3 is 0 Å². The summed E-state index contributed by atoms with van der Waals surface area (Å²) in [5, 5.41) is 15.8. The van der Waals surface area contributed by atoms with Gasteiger partial charge in [0.25, 0.3) is 0 Å². The number of benzene rings is 9. The molecule has 1 nitrogen and oxygen atoms in total. The molecule has 246 valence electrons. The highest BCUT2D eigenvalue weighted by Gasteiger charge is 2.27. The van der Waals surface area contributed by atoms with Crippen LogP contribution in [0.3, 0.4) is 0 Å². The van der Waals surface area contributed by atoms with Gasteiger partial charge in [-0.15, -0.1) is 0 Å². The highest BCUT2D eigenvalue weighted by atomic mass is 14.7. The highest BCUT2D eigenvalue weighted by Crippen LogP contribution is 2.53. The molecule has 0 unspecified atom stereocenters. The Kier molecular flexibility index (Phi) is 6.18. The molecule has 10 aromatic rings. The first kappa shape index (κ1) is 30.2. The maximum absolute atomic E-state index is 3.79. The van der Waals surface area contributed by atoms with E-state index >= 15 is 0 Å². The fraction of sp³-hybridized carbons (Fsp3) is 0.160. The topological polar surface area (TPSA) is 15.8 Å². The van der Waals surface area contributed by atoms with Crippen molar-refractivity contribution in [3.63, 3.8) is 0 Å². The van der Waals surface area contributed by atoms with Crippen LogP contribution in [0.1, 0.15) is 52.7 Å². The minimum Gasteiger partial charge on any atom is -0.354 e. The Morgan fingerprint density at radius 3 is 1.33 bits per heavy atom. The zero-order valence-corrected chi connectivity index (χ0v) is 30.2. The van der Waals surface area contributed by atoms with E-state index in [9.17, 15) is 0 Å². The molecule has 0 saturated carbocycles. The molecule has 0 aliphatic heterocycles. The predicted octanol–water partition coefficient (Wildman–Crippen LogP) is 14.5. The largest absolute Gasteiger partial charge is 0.354 e. The minimum absolute atomic E-state index is 0.0152. The molecule has 1 heterocycles. The number of rotatable bonds is 2. The van der Waals surface area contributed by atoms with E-state index in [1.54, 1.807) is 0 Å². The number of fused-ring (bicyclic) bond motifs is 7. The van der Waals surface area contributed by atoms with Crippen molar-refractivity contribution in [2.24, 2.45) is 0 Å². The van der Waals surface area contributed by atoms with Gasteiger partial charge in [-0.2, -0.15) is 0 Å². The summed E-state index contributed by atoms with van der Waals surface area (Å²) in [5.74, 6) is 0. The van der Waals surface area contributed by atoms with E-state index in [0.29, 0.717) is 0 Å². The summed E-state index contributed by atoms with van der Waals surface area (Å²) in [6.07, 6.45) is 0. The summed E-state index contributed by atoms with van der Waals surface area (Å²) < 4.78 is 0. The molecule has 10 rings (SSSR count). The monoisotopic (exact) mass is 655 g/mol. The summed E-state index contributed by atoms with van der Waals surface area (Å²) in [4.78, 5) is 3.79. The maximum Gasteiger partial charge on any atom is 0.0471 e. The summed E-state index contributed by atoms with van der Waals surface area (Å²) in [6, 6.07) is 50.6. The van der Waals surface area contributed by atoms with Gasteiger partial charge in [0.15, 0.2) is 0 Å². The summed E-state index contributed by atoms with van der Waals surface area (Å²) in [5.41, 5.74) is 10.1. The van der Waals surface area contributed by atoms with E-state index in [1.165, 1.54) is 109 Å². The molecule has 0 radical (unpaired) electrons. The second-order valence-corrected chi connectivity index (χ2v) is 16.7. The van der Waals surface area contributed by atoms with E-state index in [1.807, 2.05) is 0 Å². The molecule has 0 atom stereocenters. The Hall–Kier alpha value is -5.66. The van der Waals surface area contributed by atoms with E-state index in [4.69, 9.17) is 0 Å². The van der Waals surface area contributed by atoms with Gasteiger partial charge in [0.2, 0.25) is 0 Å². The smallest absolute Gasteiger partial charge is 0.0471 e. The Morgan fingerprint density at radius 1 is 0.353 bits per heavy atom. The van der Waals surface area contributed by atoms with Crippen molar-refractivity contribution < 1.29 is 0 Å². The minimum atomic E-state index is -0.0155. The van der Waals surface area contributed by atoms with Crippen LogP contribution in [0.25, 0.3) is 97.9 Å². The maximum atomic E-state index is 3.79. The fourth-order valence-corrected chi connectivity index (χ4v) is 8.77. The van der Waals surface area contributed by atoms with Crippen molar-refractivity contribution in [1.82, 2.24) is 4.98 Å². The van der Waals surface area contributed by atoms with E-state index in [2.05, 4.69) is 180 Å². The molecule has 0 bridgehead atoms. The average Bonchev–Trinajstić information content (AvgIpc) is 3.49. The van der Waals surface area contributed by atoms with Crippen molar-refractivity contribution >= 4 is 75.7 Å². The number of para-hydroxylation sites is 1. The summed E-state index contributed by atoms with van der Waals surface area (Å²) in [7, 11) is 0. The molecule has 0 saturated heterocycles. The third kappa shape index (κ3) is 4.40. The number of hydrogen-bond donors (Lipinski definition) is 1.